The third-order valence-electron chi connectivity index (χ3n) is 2.96. The zero-order valence-electron chi connectivity index (χ0n) is 12.2. The second kappa shape index (κ2) is 8.09. The second-order valence-corrected chi connectivity index (χ2v) is 4.74. The molecule has 0 amide bonds. The number of ether oxygens (including phenoxy) is 2. The van der Waals surface area contributed by atoms with Gasteiger partial charge >= 0.3 is 12.1 Å². The highest BCUT2D eigenvalue weighted by Crippen LogP contribution is 2.16. The van der Waals surface area contributed by atoms with Gasteiger partial charge in [-0.05, 0) is 18.9 Å². The van der Waals surface area contributed by atoms with Gasteiger partial charge in [-0.1, -0.05) is 43.8 Å². The number of carboxylic acid groups (broad SMARTS) is 1. The van der Waals surface area contributed by atoms with Gasteiger partial charge in [0.25, 0.3) is 0 Å². The Labute approximate surface area is 124 Å². The van der Waals surface area contributed by atoms with E-state index in [1.54, 1.807) is 13.8 Å². The van der Waals surface area contributed by atoms with E-state index < -0.39 is 24.3 Å². The van der Waals surface area contributed by atoms with Crippen molar-refractivity contribution in [2.24, 2.45) is 0 Å². The maximum absolute atomic E-state index is 11.6. The van der Waals surface area contributed by atoms with Crippen LogP contribution in [0.25, 0.3) is 0 Å². The van der Waals surface area contributed by atoms with Gasteiger partial charge in [-0.15, -0.1) is 0 Å². The van der Waals surface area contributed by atoms with Crippen molar-refractivity contribution >= 4 is 12.1 Å². The normalized spacial score (nSPS) is 13.0. The first-order chi connectivity index (χ1) is 9.93. The largest absolute Gasteiger partial charge is 0.506 e. The first-order valence-corrected chi connectivity index (χ1v) is 6.74. The Morgan fingerprint density at radius 1 is 1.19 bits per heavy atom. The van der Waals surface area contributed by atoms with E-state index in [1.807, 2.05) is 30.3 Å². The molecule has 0 spiro atoms. The number of hydrogen-bond acceptors (Lipinski definition) is 4. The molecule has 2 atom stereocenters. The third-order valence-corrected chi connectivity index (χ3v) is 2.96. The predicted octanol–water partition coefficient (Wildman–Crippen LogP) is 3.19. The van der Waals surface area contributed by atoms with Gasteiger partial charge in [0.15, 0.2) is 0 Å². The highest BCUT2D eigenvalue weighted by atomic mass is 16.7. The molecule has 0 aliphatic rings. The molecule has 0 saturated heterocycles. The molecule has 0 aliphatic heterocycles. The van der Waals surface area contributed by atoms with E-state index in [-0.39, 0.29) is 5.57 Å². The van der Waals surface area contributed by atoms with Crippen molar-refractivity contribution in [3.8, 4) is 0 Å². The highest BCUT2D eigenvalue weighted by molar-refractivity contribution is 5.87. The van der Waals surface area contributed by atoms with Gasteiger partial charge in [-0.3, -0.25) is 0 Å². The zero-order chi connectivity index (χ0) is 15.8. The average Bonchev–Trinajstić information content (AvgIpc) is 2.44. The Morgan fingerprint density at radius 2 is 1.81 bits per heavy atom. The van der Waals surface area contributed by atoms with Crippen molar-refractivity contribution in [2.45, 2.75) is 38.9 Å². The highest BCUT2D eigenvalue weighted by Gasteiger charge is 2.27. The number of benzene rings is 1. The van der Waals surface area contributed by atoms with Crippen LogP contribution in [0.4, 0.5) is 4.79 Å². The average molecular weight is 292 g/mol. The van der Waals surface area contributed by atoms with Gasteiger partial charge < -0.3 is 14.6 Å². The van der Waals surface area contributed by atoms with Gasteiger partial charge in [0, 0.05) is 12.0 Å². The van der Waals surface area contributed by atoms with Crippen molar-refractivity contribution in [2.75, 3.05) is 0 Å². The maximum Gasteiger partial charge on any atom is 0.506 e. The van der Waals surface area contributed by atoms with E-state index in [1.165, 1.54) is 0 Å². The smallest absolute Gasteiger partial charge is 0.455 e. The Bertz CT molecular complexity index is 495. The van der Waals surface area contributed by atoms with Crippen LogP contribution in [0.15, 0.2) is 42.5 Å². The number of hydrogen-bond donors (Lipinski definition) is 1. The molecule has 0 fully saturated rings. The fraction of sp³-hybridized carbons (Fsp3) is 0.375. The molecule has 1 rings (SSSR count). The minimum atomic E-state index is -1.39. The molecular formula is C16H20O5. The molecular weight excluding hydrogens is 272 g/mol. The van der Waals surface area contributed by atoms with Crippen LogP contribution >= 0.6 is 0 Å². The fourth-order valence-electron chi connectivity index (χ4n) is 1.89. The van der Waals surface area contributed by atoms with Crippen molar-refractivity contribution in [1.29, 1.82) is 0 Å². The van der Waals surface area contributed by atoms with E-state index in [9.17, 15) is 9.59 Å². The van der Waals surface area contributed by atoms with E-state index in [0.29, 0.717) is 12.8 Å². The first kappa shape index (κ1) is 16.8. The summed E-state index contributed by atoms with van der Waals surface area (Å²) in [5, 5.41) is 8.87. The number of rotatable bonds is 7. The van der Waals surface area contributed by atoms with Crippen molar-refractivity contribution in [3.05, 3.63) is 48.0 Å². The summed E-state index contributed by atoms with van der Waals surface area (Å²) in [7, 11) is 0. The number of carbonyl (C=O) groups is 2. The summed E-state index contributed by atoms with van der Waals surface area (Å²) in [5.74, 6) is -0.547. The SMILES string of the molecule is C=C(C)C(=O)OC(CC)C(Cc1ccccc1)OC(=O)O. The molecule has 21 heavy (non-hydrogen) atoms. The summed E-state index contributed by atoms with van der Waals surface area (Å²) in [4.78, 5) is 22.5. The molecule has 0 heterocycles. The van der Waals surface area contributed by atoms with Crippen LogP contribution in [0.1, 0.15) is 25.8 Å². The lowest BCUT2D eigenvalue weighted by Crippen LogP contribution is -2.36. The molecule has 0 radical (unpaired) electrons. The monoisotopic (exact) mass is 292 g/mol. The van der Waals surface area contributed by atoms with E-state index in [0.717, 1.165) is 5.56 Å². The van der Waals surface area contributed by atoms with Crippen molar-refractivity contribution in [1.82, 2.24) is 0 Å². The van der Waals surface area contributed by atoms with Crippen LogP contribution < -0.4 is 0 Å². The number of carbonyl (C=O) groups excluding carboxylic acids is 1. The molecule has 0 saturated carbocycles. The quantitative estimate of drug-likeness (QED) is 0.617. The lowest BCUT2D eigenvalue weighted by molar-refractivity contribution is -0.151. The standard InChI is InChI=1S/C16H20O5/c1-4-13(20-15(17)11(2)3)14(21-16(18)19)10-12-8-6-5-7-9-12/h5-9,13-14H,2,4,10H2,1,3H3,(H,18,19). The molecule has 0 bridgehead atoms. The molecule has 2 unspecified atom stereocenters. The zero-order valence-corrected chi connectivity index (χ0v) is 12.2. The van der Waals surface area contributed by atoms with E-state index in [4.69, 9.17) is 14.6 Å². The van der Waals surface area contributed by atoms with Gasteiger partial charge in [0.2, 0.25) is 0 Å². The van der Waals surface area contributed by atoms with Crippen LogP contribution in [-0.4, -0.2) is 29.4 Å². The summed E-state index contributed by atoms with van der Waals surface area (Å²) in [6.07, 6.45) is -2.00. The Balaban J connectivity index is 2.85. The fourth-order valence-corrected chi connectivity index (χ4v) is 1.89. The maximum atomic E-state index is 11.6. The summed E-state index contributed by atoms with van der Waals surface area (Å²) in [5.41, 5.74) is 1.18. The summed E-state index contributed by atoms with van der Waals surface area (Å²) in [6, 6.07) is 9.31. The molecule has 0 aliphatic carbocycles. The molecule has 5 heteroatoms. The van der Waals surface area contributed by atoms with Crippen LogP contribution in [-0.2, 0) is 20.7 Å². The minimum Gasteiger partial charge on any atom is -0.455 e. The second-order valence-electron chi connectivity index (χ2n) is 4.74. The van der Waals surface area contributed by atoms with Crippen LogP contribution in [0, 0.1) is 0 Å². The number of esters is 1. The van der Waals surface area contributed by atoms with Crippen LogP contribution in [0.3, 0.4) is 0 Å². The van der Waals surface area contributed by atoms with Gasteiger partial charge in [-0.25, -0.2) is 9.59 Å². The topological polar surface area (TPSA) is 72.8 Å². The van der Waals surface area contributed by atoms with Crippen molar-refractivity contribution < 1.29 is 24.2 Å². The minimum absolute atomic E-state index is 0.266. The van der Waals surface area contributed by atoms with Gasteiger partial charge in [-0.2, -0.15) is 0 Å². The predicted molar refractivity (Wildman–Crippen MR) is 78.0 cm³/mol. The lowest BCUT2D eigenvalue weighted by atomic mass is 10.0. The molecule has 1 N–H and O–H groups in total. The van der Waals surface area contributed by atoms with E-state index >= 15 is 0 Å². The Hall–Kier alpha value is -2.30. The molecule has 5 nitrogen and oxygen atoms in total. The summed E-state index contributed by atoms with van der Waals surface area (Å²) in [6.45, 7) is 6.86. The third kappa shape index (κ3) is 5.69. The Kier molecular flexibility index (Phi) is 6.46. The molecule has 0 aromatic heterocycles. The van der Waals surface area contributed by atoms with E-state index in [2.05, 4.69) is 6.58 Å². The summed E-state index contributed by atoms with van der Waals surface area (Å²) < 4.78 is 10.2. The lowest BCUT2D eigenvalue weighted by Gasteiger charge is -2.25. The molecule has 1 aromatic rings. The summed E-state index contributed by atoms with van der Waals surface area (Å²) >= 11 is 0. The molecule has 1 aromatic carbocycles. The van der Waals surface area contributed by atoms with Crippen LogP contribution in [0.5, 0.6) is 0 Å². The Morgan fingerprint density at radius 3 is 2.29 bits per heavy atom. The van der Waals surface area contributed by atoms with Gasteiger partial charge in [0.1, 0.15) is 12.2 Å². The molecule has 114 valence electrons. The first-order valence-electron chi connectivity index (χ1n) is 6.74. The van der Waals surface area contributed by atoms with Gasteiger partial charge in [0.05, 0.1) is 0 Å². The van der Waals surface area contributed by atoms with Crippen molar-refractivity contribution in [3.63, 3.8) is 0 Å². The van der Waals surface area contributed by atoms with Crippen LogP contribution in [0.2, 0.25) is 0 Å².